The number of hydrogen-bond donors (Lipinski definition) is 3. The minimum atomic E-state index is -1.38. The van der Waals surface area contributed by atoms with Crippen molar-refractivity contribution in [1.82, 2.24) is 15.1 Å². The molecule has 1 fully saturated rings. The normalized spacial score (nSPS) is 15.9. The number of hydrogen-bond acceptors (Lipinski definition) is 4. The Bertz CT molecular complexity index is 1020. The van der Waals surface area contributed by atoms with Gasteiger partial charge in [-0.3, -0.25) is 14.5 Å². The maximum atomic E-state index is 14.0. The van der Waals surface area contributed by atoms with Gasteiger partial charge in [0.1, 0.15) is 17.5 Å². The quantitative estimate of drug-likeness (QED) is 0.648. The Morgan fingerprint density at radius 3 is 2.41 bits per heavy atom. The number of carbonyl (C=O) groups excluding carboxylic acids is 3. The molecule has 11 heteroatoms. The summed E-state index contributed by atoms with van der Waals surface area (Å²) in [5.41, 5.74) is 5.15. The van der Waals surface area contributed by atoms with Crippen molar-refractivity contribution in [3.05, 3.63) is 65.5 Å². The lowest BCUT2D eigenvalue weighted by atomic mass is 10.1. The van der Waals surface area contributed by atoms with Crippen LogP contribution in [0.3, 0.4) is 0 Å². The van der Waals surface area contributed by atoms with Gasteiger partial charge in [-0.2, -0.15) is 0 Å². The highest BCUT2D eigenvalue weighted by Gasteiger charge is 2.40. The number of halogens is 3. The number of amides is 4. The second-order valence-corrected chi connectivity index (χ2v) is 7.06. The van der Waals surface area contributed by atoms with Gasteiger partial charge in [-0.25, -0.2) is 18.0 Å². The summed E-state index contributed by atoms with van der Waals surface area (Å²) < 4.78 is 40.8. The molecule has 0 aromatic heterocycles. The molecule has 1 unspecified atom stereocenters. The highest BCUT2D eigenvalue weighted by Crippen LogP contribution is 2.22. The molecule has 4 amide bonds. The molecule has 1 atom stereocenters. The van der Waals surface area contributed by atoms with Crippen LogP contribution >= 0.6 is 0 Å². The van der Waals surface area contributed by atoms with Crippen molar-refractivity contribution in [2.24, 2.45) is 5.73 Å². The SMILES string of the molecule is NCCNC(=O)C1N(C(=O)Nc2ccc(F)cc2F)CCCN1C(=O)c1cccc(F)c1. The van der Waals surface area contributed by atoms with Crippen LogP contribution in [-0.2, 0) is 4.79 Å². The average molecular weight is 449 g/mol. The van der Waals surface area contributed by atoms with E-state index in [1.54, 1.807) is 0 Å². The smallest absolute Gasteiger partial charge is 0.323 e. The van der Waals surface area contributed by atoms with Crippen LogP contribution in [0.5, 0.6) is 0 Å². The molecule has 4 N–H and O–H groups in total. The number of rotatable bonds is 5. The van der Waals surface area contributed by atoms with Gasteiger partial charge in [0.15, 0.2) is 6.17 Å². The first kappa shape index (κ1) is 23.1. The van der Waals surface area contributed by atoms with Gasteiger partial charge in [0.25, 0.3) is 11.8 Å². The van der Waals surface area contributed by atoms with E-state index in [0.29, 0.717) is 12.5 Å². The van der Waals surface area contributed by atoms with Crippen molar-refractivity contribution >= 4 is 23.5 Å². The molecule has 2 aromatic carbocycles. The van der Waals surface area contributed by atoms with Gasteiger partial charge in [-0.15, -0.1) is 0 Å². The molecule has 0 bridgehead atoms. The van der Waals surface area contributed by atoms with E-state index < -0.39 is 41.5 Å². The van der Waals surface area contributed by atoms with E-state index in [2.05, 4.69) is 10.6 Å². The average Bonchev–Trinajstić information content (AvgIpc) is 2.78. The predicted molar refractivity (Wildman–Crippen MR) is 110 cm³/mol. The van der Waals surface area contributed by atoms with Gasteiger partial charge in [-0.1, -0.05) is 6.07 Å². The molecule has 0 saturated carbocycles. The highest BCUT2D eigenvalue weighted by atomic mass is 19.1. The summed E-state index contributed by atoms with van der Waals surface area (Å²) in [4.78, 5) is 41.0. The van der Waals surface area contributed by atoms with E-state index in [4.69, 9.17) is 5.73 Å². The molecule has 170 valence electrons. The van der Waals surface area contributed by atoms with Gasteiger partial charge >= 0.3 is 6.03 Å². The van der Waals surface area contributed by atoms with Gasteiger partial charge in [0.05, 0.1) is 5.69 Å². The van der Waals surface area contributed by atoms with E-state index in [0.717, 1.165) is 28.0 Å². The maximum absolute atomic E-state index is 14.0. The van der Waals surface area contributed by atoms with Crippen LogP contribution in [0.1, 0.15) is 16.8 Å². The Morgan fingerprint density at radius 2 is 1.72 bits per heavy atom. The second-order valence-electron chi connectivity index (χ2n) is 7.06. The van der Waals surface area contributed by atoms with Gasteiger partial charge < -0.3 is 21.3 Å². The van der Waals surface area contributed by atoms with Crippen LogP contribution in [0.4, 0.5) is 23.7 Å². The fraction of sp³-hybridized carbons (Fsp3) is 0.286. The van der Waals surface area contributed by atoms with Gasteiger partial charge in [-0.05, 0) is 36.8 Å². The highest BCUT2D eigenvalue weighted by molar-refractivity contribution is 6.00. The molecule has 32 heavy (non-hydrogen) atoms. The number of nitrogens with zero attached hydrogens (tertiary/aromatic N) is 2. The Labute approximate surface area is 182 Å². The zero-order chi connectivity index (χ0) is 23.3. The van der Waals surface area contributed by atoms with Crippen LogP contribution < -0.4 is 16.4 Å². The first-order chi connectivity index (χ1) is 15.3. The van der Waals surface area contributed by atoms with E-state index in [1.165, 1.54) is 18.2 Å². The third-order valence-corrected chi connectivity index (χ3v) is 4.83. The van der Waals surface area contributed by atoms with Crippen LogP contribution in [-0.4, -0.2) is 60.0 Å². The summed E-state index contributed by atoms with van der Waals surface area (Å²) in [6.07, 6.45) is -1.06. The Hall–Kier alpha value is -3.60. The van der Waals surface area contributed by atoms with Crippen LogP contribution in [0.15, 0.2) is 42.5 Å². The van der Waals surface area contributed by atoms with Crippen molar-refractivity contribution in [2.75, 3.05) is 31.5 Å². The third kappa shape index (κ3) is 5.17. The molecule has 3 rings (SSSR count). The molecule has 1 aliphatic rings. The number of benzene rings is 2. The van der Waals surface area contributed by atoms with E-state index in [-0.39, 0.29) is 37.4 Å². The lowest BCUT2D eigenvalue weighted by Gasteiger charge is -2.42. The molecule has 2 aromatic rings. The van der Waals surface area contributed by atoms with Crippen LogP contribution in [0.25, 0.3) is 0 Å². The van der Waals surface area contributed by atoms with Crippen molar-refractivity contribution < 1.29 is 27.6 Å². The van der Waals surface area contributed by atoms with E-state index in [1.807, 2.05) is 0 Å². The first-order valence-electron chi connectivity index (χ1n) is 9.89. The van der Waals surface area contributed by atoms with Crippen molar-refractivity contribution in [1.29, 1.82) is 0 Å². The number of urea groups is 1. The minimum Gasteiger partial charge on any atom is -0.351 e. The number of anilines is 1. The Balaban J connectivity index is 1.89. The maximum Gasteiger partial charge on any atom is 0.323 e. The topological polar surface area (TPSA) is 108 Å². The van der Waals surface area contributed by atoms with Gasteiger partial charge in [0, 0.05) is 37.8 Å². The zero-order valence-electron chi connectivity index (χ0n) is 17.0. The van der Waals surface area contributed by atoms with Gasteiger partial charge in [0.2, 0.25) is 0 Å². The molecule has 1 aliphatic heterocycles. The van der Waals surface area contributed by atoms with Crippen molar-refractivity contribution in [2.45, 2.75) is 12.6 Å². The fourth-order valence-electron chi connectivity index (χ4n) is 3.38. The Kier molecular flexibility index (Phi) is 7.31. The zero-order valence-corrected chi connectivity index (χ0v) is 17.0. The molecule has 8 nitrogen and oxygen atoms in total. The van der Waals surface area contributed by atoms with Crippen molar-refractivity contribution in [3.8, 4) is 0 Å². The van der Waals surface area contributed by atoms with E-state index in [9.17, 15) is 27.6 Å². The van der Waals surface area contributed by atoms with Crippen LogP contribution in [0.2, 0.25) is 0 Å². The second kappa shape index (κ2) is 10.1. The standard InChI is InChI=1S/C21H22F3N5O3/c22-14-4-1-3-13(11-14)20(31)28-9-2-10-29(19(28)18(30)26-8-7-25)21(32)27-17-6-5-15(23)12-16(17)24/h1,3-6,11-12,19H,2,7-10,25H2,(H,26,30)(H,27,32). The van der Waals surface area contributed by atoms with Crippen LogP contribution in [0, 0.1) is 17.5 Å². The van der Waals surface area contributed by atoms with Crippen molar-refractivity contribution in [3.63, 3.8) is 0 Å². The molecule has 0 radical (unpaired) electrons. The number of nitrogens with two attached hydrogens (primary N) is 1. The summed E-state index contributed by atoms with van der Waals surface area (Å²) in [5, 5.41) is 4.84. The molecule has 0 aliphatic carbocycles. The predicted octanol–water partition coefficient (Wildman–Crippen LogP) is 1.88. The third-order valence-electron chi connectivity index (χ3n) is 4.83. The summed E-state index contributed by atoms with van der Waals surface area (Å²) in [6.45, 7) is 0.440. The fourth-order valence-corrected chi connectivity index (χ4v) is 3.38. The lowest BCUT2D eigenvalue weighted by Crippen LogP contribution is -2.64. The molecule has 1 saturated heterocycles. The summed E-state index contributed by atoms with van der Waals surface area (Å²) in [5.74, 6) is -3.76. The first-order valence-corrected chi connectivity index (χ1v) is 9.89. The number of nitrogens with one attached hydrogen (secondary N) is 2. The summed E-state index contributed by atoms with van der Waals surface area (Å²) >= 11 is 0. The monoisotopic (exact) mass is 449 g/mol. The molecule has 1 heterocycles. The largest absolute Gasteiger partial charge is 0.351 e. The summed E-state index contributed by atoms with van der Waals surface area (Å²) in [7, 11) is 0. The summed E-state index contributed by atoms with van der Waals surface area (Å²) in [6, 6.07) is 6.73. The Morgan fingerprint density at radius 1 is 1.00 bits per heavy atom. The molecular weight excluding hydrogens is 427 g/mol. The minimum absolute atomic E-state index is 0.00784. The number of carbonyl (C=O) groups is 3. The molecule has 0 spiro atoms. The molecular formula is C21H22F3N5O3. The van der Waals surface area contributed by atoms with E-state index >= 15 is 0 Å². The lowest BCUT2D eigenvalue weighted by molar-refractivity contribution is -0.132.